The van der Waals surface area contributed by atoms with E-state index in [-0.39, 0.29) is 12.1 Å². The van der Waals surface area contributed by atoms with Crippen molar-refractivity contribution < 1.29 is 9.53 Å². The molecule has 4 heteroatoms. The first-order valence-corrected chi connectivity index (χ1v) is 7.47. The van der Waals surface area contributed by atoms with E-state index >= 15 is 0 Å². The summed E-state index contributed by atoms with van der Waals surface area (Å²) in [5, 5.41) is 0. The molecule has 1 aromatic rings. The van der Waals surface area contributed by atoms with Gasteiger partial charge in [-0.1, -0.05) is 24.3 Å². The predicted octanol–water partition coefficient (Wildman–Crippen LogP) is 2.91. The van der Waals surface area contributed by atoms with Gasteiger partial charge in [0.2, 0.25) is 0 Å². The number of rotatable bonds is 2. The quantitative estimate of drug-likeness (QED) is 0.839. The summed E-state index contributed by atoms with van der Waals surface area (Å²) >= 11 is 0. The van der Waals surface area contributed by atoms with Crippen LogP contribution in [0.25, 0.3) is 0 Å². The molecule has 1 atom stereocenters. The topological polar surface area (TPSA) is 32.8 Å². The molecule has 0 saturated carbocycles. The van der Waals surface area contributed by atoms with Gasteiger partial charge in [-0.15, -0.1) is 0 Å². The van der Waals surface area contributed by atoms with E-state index in [0.717, 1.165) is 13.0 Å². The van der Waals surface area contributed by atoms with E-state index in [1.807, 2.05) is 45.8 Å². The van der Waals surface area contributed by atoms with Gasteiger partial charge in [0, 0.05) is 13.1 Å². The average molecular weight is 290 g/mol. The van der Waals surface area contributed by atoms with Crippen molar-refractivity contribution in [3.8, 4) is 0 Å². The second kappa shape index (κ2) is 6.06. The van der Waals surface area contributed by atoms with Crippen molar-refractivity contribution in [2.45, 2.75) is 45.4 Å². The molecule has 0 fully saturated rings. The monoisotopic (exact) mass is 290 g/mol. The van der Waals surface area contributed by atoms with Crippen molar-refractivity contribution in [2.24, 2.45) is 0 Å². The number of carbonyl (C=O) groups is 1. The number of fused-ring (bicyclic) bond motifs is 1. The fourth-order valence-corrected chi connectivity index (χ4v) is 2.71. The first-order chi connectivity index (χ1) is 9.76. The second-order valence-electron chi connectivity index (χ2n) is 7.00. The molecule has 0 N–H and O–H groups in total. The zero-order valence-corrected chi connectivity index (χ0v) is 13.7. The second-order valence-corrected chi connectivity index (χ2v) is 7.00. The molecule has 0 aromatic heterocycles. The zero-order valence-electron chi connectivity index (χ0n) is 13.7. The van der Waals surface area contributed by atoms with Crippen LogP contribution < -0.4 is 0 Å². The van der Waals surface area contributed by atoms with E-state index in [2.05, 4.69) is 23.1 Å². The maximum atomic E-state index is 12.5. The van der Waals surface area contributed by atoms with Gasteiger partial charge in [0.25, 0.3) is 0 Å². The number of nitrogens with zero attached hydrogens (tertiary/aromatic N) is 2. The minimum absolute atomic E-state index is 0.157. The van der Waals surface area contributed by atoms with Gasteiger partial charge in [-0.25, -0.2) is 4.79 Å². The molecule has 2 rings (SSSR count). The Kier molecular flexibility index (Phi) is 4.57. The number of hydrogen-bond donors (Lipinski definition) is 0. The van der Waals surface area contributed by atoms with Gasteiger partial charge >= 0.3 is 6.09 Å². The minimum Gasteiger partial charge on any atom is -0.444 e. The first-order valence-electron chi connectivity index (χ1n) is 7.47. The van der Waals surface area contributed by atoms with E-state index in [4.69, 9.17) is 4.74 Å². The Balaban J connectivity index is 2.22. The van der Waals surface area contributed by atoms with Gasteiger partial charge in [-0.3, -0.25) is 4.90 Å². The van der Waals surface area contributed by atoms with Crippen molar-refractivity contribution in [3.05, 3.63) is 35.4 Å². The summed E-state index contributed by atoms with van der Waals surface area (Å²) in [7, 11) is 4.07. The molecular weight excluding hydrogens is 264 g/mol. The summed E-state index contributed by atoms with van der Waals surface area (Å²) in [6, 6.07) is 8.50. The summed E-state index contributed by atoms with van der Waals surface area (Å²) in [6.45, 7) is 7.19. The van der Waals surface area contributed by atoms with Crippen molar-refractivity contribution in [1.82, 2.24) is 9.80 Å². The fraction of sp³-hybridized carbons (Fsp3) is 0.588. The van der Waals surface area contributed by atoms with Crippen LogP contribution in [0.15, 0.2) is 24.3 Å². The predicted molar refractivity (Wildman–Crippen MR) is 84.3 cm³/mol. The summed E-state index contributed by atoms with van der Waals surface area (Å²) in [4.78, 5) is 16.5. The lowest BCUT2D eigenvalue weighted by Crippen LogP contribution is -2.50. The van der Waals surface area contributed by atoms with Crippen LogP contribution in [-0.4, -0.2) is 48.2 Å². The third-order valence-electron chi connectivity index (χ3n) is 3.56. The molecule has 116 valence electrons. The van der Waals surface area contributed by atoms with E-state index in [0.29, 0.717) is 6.54 Å². The number of carbonyl (C=O) groups excluding carboxylic acids is 1. The third kappa shape index (κ3) is 4.21. The normalized spacial score (nSPS) is 18.6. The van der Waals surface area contributed by atoms with Crippen molar-refractivity contribution in [2.75, 3.05) is 20.6 Å². The van der Waals surface area contributed by atoms with Gasteiger partial charge in [0.05, 0.1) is 6.04 Å². The van der Waals surface area contributed by atoms with Gasteiger partial charge in [-0.05, 0) is 52.4 Å². The molecule has 1 aliphatic rings. The fourth-order valence-electron chi connectivity index (χ4n) is 2.71. The molecule has 1 heterocycles. The largest absolute Gasteiger partial charge is 0.444 e. The van der Waals surface area contributed by atoms with Crippen LogP contribution in [0.4, 0.5) is 4.79 Å². The Labute approximate surface area is 127 Å². The summed E-state index contributed by atoms with van der Waals surface area (Å²) in [5.41, 5.74) is 2.10. The van der Waals surface area contributed by atoms with E-state index in [1.165, 1.54) is 11.1 Å². The van der Waals surface area contributed by atoms with Crippen LogP contribution in [0, 0.1) is 0 Å². The number of benzene rings is 1. The van der Waals surface area contributed by atoms with Crippen molar-refractivity contribution in [1.29, 1.82) is 0 Å². The Morgan fingerprint density at radius 1 is 1.29 bits per heavy atom. The van der Waals surface area contributed by atoms with Crippen LogP contribution in [-0.2, 0) is 17.7 Å². The standard InChI is InChI=1S/C17H26N2O2/c1-17(2,3)21-16(20)19-11-14-9-7-6-8-13(14)10-15(19)12-18(4)5/h6-9,15H,10-12H2,1-5H3. The molecule has 1 unspecified atom stereocenters. The lowest BCUT2D eigenvalue weighted by molar-refractivity contribution is 0.00929. The highest BCUT2D eigenvalue weighted by Gasteiger charge is 2.32. The highest BCUT2D eigenvalue weighted by Crippen LogP contribution is 2.25. The van der Waals surface area contributed by atoms with Gasteiger partial charge < -0.3 is 9.64 Å². The maximum absolute atomic E-state index is 12.5. The summed E-state index contributed by atoms with van der Waals surface area (Å²) < 4.78 is 5.57. The minimum atomic E-state index is -0.462. The van der Waals surface area contributed by atoms with Gasteiger partial charge in [-0.2, -0.15) is 0 Å². The lowest BCUT2D eigenvalue weighted by Gasteiger charge is -2.38. The molecular formula is C17H26N2O2. The summed E-state index contributed by atoms with van der Waals surface area (Å²) in [6.07, 6.45) is 0.664. The SMILES string of the molecule is CN(C)CC1Cc2ccccc2CN1C(=O)OC(C)(C)C. The van der Waals surface area contributed by atoms with Gasteiger partial charge in [0.15, 0.2) is 0 Å². The number of amides is 1. The first kappa shape index (κ1) is 15.8. The Hall–Kier alpha value is -1.55. The van der Waals surface area contributed by atoms with E-state index in [9.17, 15) is 4.79 Å². The molecule has 1 aromatic carbocycles. The molecule has 4 nitrogen and oxygen atoms in total. The lowest BCUT2D eigenvalue weighted by atomic mass is 9.94. The average Bonchev–Trinajstić information content (AvgIpc) is 2.35. The summed E-state index contributed by atoms with van der Waals surface area (Å²) in [5.74, 6) is 0. The molecule has 0 spiro atoms. The van der Waals surface area contributed by atoms with Crippen LogP contribution in [0.5, 0.6) is 0 Å². The molecule has 0 saturated heterocycles. The van der Waals surface area contributed by atoms with Crippen LogP contribution in [0.3, 0.4) is 0 Å². The van der Waals surface area contributed by atoms with Gasteiger partial charge in [0.1, 0.15) is 5.60 Å². The molecule has 1 aliphatic heterocycles. The smallest absolute Gasteiger partial charge is 0.410 e. The Morgan fingerprint density at radius 2 is 1.90 bits per heavy atom. The third-order valence-corrected chi connectivity index (χ3v) is 3.56. The molecule has 1 amide bonds. The number of hydrogen-bond acceptors (Lipinski definition) is 3. The molecule has 0 aliphatic carbocycles. The molecule has 21 heavy (non-hydrogen) atoms. The number of likely N-dealkylation sites (N-methyl/N-ethyl adjacent to an activating group) is 1. The zero-order chi connectivity index (χ0) is 15.6. The van der Waals surface area contributed by atoms with Crippen LogP contribution >= 0.6 is 0 Å². The van der Waals surface area contributed by atoms with E-state index in [1.54, 1.807) is 0 Å². The van der Waals surface area contributed by atoms with Crippen LogP contribution in [0.1, 0.15) is 31.9 Å². The molecule has 0 bridgehead atoms. The molecule has 0 radical (unpaired) electrons. The van der Waals surface area contributed by atoms with Crippen molar-refractivity contribution in [3.63, 3.8) is 0 Å². The Morgan fingerprint density at radius 3 is 2.48 bits per heavy atom. The van der Waals surface area contributed by atoms with Crippen molar-refractivity contribution >= 4 is 6.09 Å². The number of ether oxygens (including phenoxy) is 1. The maximum Gasteiger partial charge on any atom is 0.410 e. The highest BCUT2D eigenvalue weighted by molar-refractivity contribution is 5.69. The van der Waals surface area contributed by atoms with Crippen LogP contribution in [0.2, 0.25) is 0 Å². The van der Waals surface area contributed by atoms with E-state index < -0.39 is 5.60 Å². The highest BCUT2D eigenvalue weighted by atomic mass is 16.6. The Bertz CT molecular complexity index is 506.